The molecule has 76 valence electrons. The number of aryl methyl sites for hydroxylation is 1. The lowest BCUT2D eigenvalue weighted by Gasteiger charge is -2.01. The maximum atomic E-state index is 10.5. The van der Waals surface area contributed by atoms with Gasteiger partial charge < -0.3 is 4.57 Å². The Morgan fingerprint density at radius 2 is 1.87 bits per heavy atom. The summed E-state index contributed by atoms with van der Waals surface area (Å²) in [5.74, 6) is 0. The average Bonchev–Trinajstić information content (AvgIpc) is 2.65. The monoisotopic (exact) mass is 202 g/mol. The van der Waals surface area contributed by atoms with Gasteiger partial charge in [0.05, 0.1) is 4.92 Å². The van der Waals surface area contributed by atoms with E-state index in [2.05, 4.69) is 0 Å². The van der Waals surface area contributed by atoms with Crippen LogP contribution < -0.4 is 0 Å². The Morgan fingerprint density at radius 3 is 2.33 bits per heavy atom. The normalized spacial score (nSPS) is 10.2. The molecule has 1 heterocycles. The first-order valence-corrected chi connectivity index (χ1v) is 4.56. The molecule has 0 aliphatic heterocycles. The van der Waals surface area contributed by atoms with E-state index in [4.69, 9.17) is 0 Å². The average molecular weight is 202 g/mol. The molecule has 1 aromatic heterocycles. The zero-order chi connectivity index (χ0) is 10.8. The van der Waals surface area contributed by atoms with Crippen molar-refractivity contribution in [2.24, 2.45) is 0 Å². The fourth-order valence-corrected chi connectivity index (χ4v) is 1.41. The predicted octanol–water partition coefficient (Wildman–Crippen LogP) is 2.69. The molecule has 0 saturated carbocycles. The number of rotatable bonds is 2. The first kappa shape index (κ1) is 9.45. The second-order valence-electron chi connectivity index (χ2n) is 3.37. The Labute approximate surface area is 86.9 Å². The molecule has 2 aromatic rings. The maximum absolute atomic E-state index is 10.5. The van der Waals surface area contributed by atoms with Crippen molar-refractivity contribution in [2.75, 3.05) is 0 Å². The molecule has 0 atom stereocenters. The van der Waals surface area contributed by atoms with Gasteiger partial charge in [-0.3, -0.25) is 10.1 Å². The molecule has 0 bridgehead atoms. The molecule has 0 amide bonds. The minimum absolute atomic E-state index is 0.114. The number of nitrogens with zero attached hydrogens (tertiary/aromatic N) is 2. The molecular weight excluding hydrogens is 192 g/mol. The van der Waals surface area contributed by atoms with Gasteiger partial charge >= 0.3 is 0 Å². The van der Waals surface area contributed by atoms with E-state index in [9.17, 15) is 10.1 Å². The van der Waals surface area contributed by atoms with Gasteiger partial charge in [-0.15, -0.1) is 0 Å². The van der Waals surface area contributed by atoms with Crippen molar-refractivity contribution in [2.45, 2.75) is 6.92 Å². The van der Waals surface area contributed by atoms with E-state index in [0.717, 1.165) is 11.3 Å². The van der Waals surface area contributed by atoms with Crippen LogP contribution in [0.3, 0.4) is 0 Å². The van der Waals surface area contributed by atoms with Crippen molar-refractivity contribution in [1.29, 1.82) is 0 Å². The molecule has 0 fully saturated rings. The minimum atomic E-state index is -0.398. The lowest BCUT2D eigenvalue weighted by atomic mass is 10.3. The summed E-state index contributed by atoms with van der Waals surface area (Å²) in [6.45, 7) is 2.00. The Kier molecular flexibility index (Phi) is 2.25. The fourth-order valence-electron chi connectivity index (χ4n) is 1.41. The number of non-ortho nitro benzene ring substituents is 1. The Bertz CT molecular complexity index is 486. The zero-order valence-electron chi connectivity index (χ0n) is 8.25. The molecule has 2 rings (SSSR count). The van der Waals surface area contributed by atoms with Crippen molar-refractivity contribution >= 4 is 5.69 Å². The largest absolute Gasteiger partial charge is 0.324 e. The van der Waals surface area contributed by atoms with Crippen LogP contribution in [-0.2, 0) is 0 Å². The van der Waals surface area contributed by atoms with Crippen LogP contribution in [0.15, 0.2) is 42.7 Å². The molecule has 0 unspecified atom stereocenters. The highest BCUT2D eigenvalue weighted by molar-refractivity contribution is 5.41. The van der Waals surface area contributed by atoms with Crippen LogP contribution >= 0.6 is 0 Å². The first-order valence-electron chi connectivity index (χ1n) is 4.56. The van der Waals surface area contributed by atoms with Gasteiger partial charge in [-0.25, -0.2) is 0 Å². The van der Waals surface area contributed by atoms with Crippen LogP contribution in [0.4, 0.5) is 5.69 Å². The molecule has 0 spiro atoms. The summed E-state index contributed by atoms with van der Waals surface area (Å²) in [4.78, 5) is 10.1. The second-order valence-corrected chi connectivity index (χ2v) is 3.37. The van der Waals surface area contributed by atoms with Crippen LogP contribution in [-0.4, -0.2) is 9.49 Å². The molecule has 0 aliphatic rings. The van der Waals surface area contributed by atoms with Crippen molar-refractivity contribution in [3.05, 3.63) is 58.4 Å². The van der Waals surface area contributed by atoms with Crippen molar-refractivity contribution in [3.63, 3.8) is 0 Å². The molecule has 0 radical (unpaired) electrons. The van der Waals surface area contributed by atoms with Gasteiger partial charge in [0.25, 0.3) is 5.69 Å². The highest BCUT2D eigenvalue weighted by Crippen LogP contribution is 2.15. The van der Waals surface area contributed by atoms with Crippen molar-refractivity contribution < 1.29 is 4.92 Å². The van der Waals surface area contributed by atoms with Gasteiger partial charge in [-0.2, -0.15) is 0 Å². The molecule has 0 saturated heterocycles. The van der Waals surface area contributed by atoms with Gasteiger partial charge in [0.15, 0.2) is 0 Å². The topological polar surface area (TPSA) is 48.1 Å². The third kappa shape index (κ3) is 1.88. The lowest BCUT2D eigenvalue weighted by Crippen LogP contribution is -1.91. The quantitative estimate of drug-likeness (QED) is 0.555. The molecule has 0 N–H and O–H groups in total. The van der Waals surface area contributed by atoms with Crippen molar-refractivity contribution in [3.8, 4) is 5.69 Å². The smallest absolute Gasteiger partial charge is 0.269 e. The van der Waals surface area contributed by atoms with E-state index >= 15 is 0 Å². The molecule has 15 heavy (non-hydrogen) atoms. The highest BCUT2D eigenvalue weighted by atomic mass is 16.6. The molecule has 0 aliphatic carbocycles. The standard InChI is InChI=1S/C11H10N2O2/c1-9-6-7-12(8-9)10-2-4-11(5-3-10)13(14)15/h2-8H,1H3. The number of nitro groups is 1. The number of nitro benzene ring substituents is 1. The van der Waals surface area contributed by atoms with E-state index in [-0.39, 0.29) is 5.69 Å². The van der Waals surface area contributed by atoms with E-state index in [1.807, 2.05) is 30.0 Å². The van der Waals surface area contributed by atoms with E-state index < -0.39 is 4.92 Å². The Balaban J connectivity index is 2.35. The van der Waals surface area contributed by atoms with Gasteiger partial charge in [0.2, 0.25) is 0 Å². The third-order valence-electron chi connectivity index (χ3n) is 2.20. The van der Waals surface area contributed by atoms with Crippen LogP contribution in [0.2, 0.25) is 0 Å². The lowest BCUT2D eigenvalue weighted by molar-refractivity contribution is -0.384. The molecule has 4 heteroatoms. The summed E-state index contributed by atoms with van der Waals surface area (Å²) in [7, 11) is 0. The summed E-state index contributed by atoms with van der Waals surface area (Å²) in [6, 6.07) is 8.46. The summed E-state index contributed by atoms with van der Waals surface area (Å²) >= 11 is 0. The van der Waals surface area contributed by atoms with Crippen LogP contribution in [0.5, 0.6) is 0 Å². The van der Waals surface area contributed by atoms with Gasteiger partial charge in [-0.05, 0) is 30.7 Å². The minimum Gasteiger partial charge on any atom is -0.324 e. The van der Waals surface area contributed by atoms with E-state index in [0.29, 0.717) is 0 Å². The zero-order valence-corrected chi connectivity index (χ0v) is 8.25. The molecule has 4 nitrogen and oxygen atoms in total. The Hall–Kier alpha value is -2.10. The third-order valence-corrected chi connectivity index (χ3v) is 2.20. The summed E-state index contributed by atoms with van der Waals surface area (Å²) in [6.07, 6.45) is 3.90. The van der Waals surface area contributed by atoms with E-state index in [1.54, 1.807) is 12.1 Å². The molecule has 1 aromatic carbocycles. The number of benzene rings is 1. The van der Waals surface area contributed by atoms with Gasteiger partial charge in [0.1, 0.15) is 0 Å². The maximum Gasteiger partial charge on any atom is 0.269 e. The van der Waals surface area contributed by atoms with E-state index in [1.165, 1.54) is 12.1 Å². The van der Waals surface area contributed by atoms with Gasteiger partial charge in [0, 0.05) is 30.2 Å². The molecular formula is C11H10N2O2. The summed E-state index contributed by atoms with van der Waals surface area (Å²) in [5, 5.41) is 10.5. The Morgan fingerprint density at radius 1 is 1.20 bits per heavy atom. The van der Waals surface area contributed by atoms with Crippen LogP contribution in [0, 0.1) is 17.0 Å². The predicted molar refractivity (Wildman–Crippen MR) is 57.2 cm³/mol. The second kappa shape index (κ2) is 3.57. The number of hydrogen-bond donors (Lipinski definition) is 0. The van der Waals surface area contributed by atoms with Crippen molar-refractivity contribution in [1.82, 2.24) is 4.57 Å². The van der Waals surface area contributed by atoms with Crippen LogP contribution in [0.25, 0.3) is 5.69 Å². The van der Waals surface area contributed by atoms with Gasteiger partial charge in [-0.1, -0.05) is 0 Å². The summed E-state index contributed by atoms with van der Waals surface area (Å²) < 4.78 is 1.93. The SMILES string of the molecule is Cc1ccn(-c2ccc([N+](=O)[O-])cc2)c1. The fraction of sp³-hybridized carbons (Fsp3) is 0.0909. The van der Waals surface area contributed by atoms with Crippen LogP contribution in [0.1, 0.15) is 5.56 Å². The highest BCUT2D eigenvalue weighted by Gasteiger charge is 2.04. The summed E-state index contributed by atoms with van der Waals surface area (Å²) in [5.41, 5.74) is 2.20. The number of aromatic nitrogens is 1. The first-order chi connectivity index (χ1) is 7.16. The number of hydrogen-bond acceptors (Lipinski definition) is 2.